The van der Waals surface area contributed by atoms with Gasteiger partial charge in [0.1, 0.15) is 0 Å². The van der Waals surface area contributed by atoms with E-state index in [-0.39, 0.29) is 0 Å². The minimum absolute atomic E-state index is 1.06. The first-order chi connectivity index (χ1) is 42.7. The summed E-state index contributed by atoms with van der Waals surface area (Å²) >= 11 is 0. The van der Waals surface area contributed by atoms with Gasteiger partial charge in [0.05, 0.1) is 0 Å². The number of fused-ring (bicyclic) bond motifs is 2. The standard InChI is InChI=1S/C20H16.C19H16.C16H14.C15H14.8C2H6/c1-2-8-17(9-3-1)10-4-5-11-18-14-15-19-12-6-7-13-20(19)16-18;1-2-8-16(7-1)9-3-4-10-17-13-14-18-11-5-6-12-19(18)15-17;1-3-9-15(10-4-1)13-7-8-14-16-11-5-2-6-12-16;1-2-8-14(9-3-1)10-4-5-11-15-12-6-7-13-15;8*1-2/h1-16H;1,3-15H,2H2;1-14H;1-6,8-13H,7H2;8*1-2H3/b10-4+,11-5+;9-3+,10-4+;13-7+,14-8+;10-4+,11-5+;;;;;;;;. The average molecular weight is 1140 g/mol. The van der Waals surface area contributed by atoms with Crippen LogP contribution in [-0.2, 0) is 0 Å². The van der Waals surface area contributed by atoms with Crippen LogP contribution in [0.25, 0.3) is 58.0 Å². The fraction of sp³-hybridized carbons (Fsp3) is 0.209. The molecule has 86 heavy (non-hydrogen) atoms. The van der Waals surface area contributed by atoms with Gasteiger partial charge in [0, 0.05) is 0 Å². The Labute approximate surface area is 526 Å². The normalized spacial score (nSPS) is 11.3. The Hall–Kier alpha value is -8.84. The first kappa shape index (κ1) is 79.2. The van der Waals surface area contributed by atoms with Gasteiger partial charge in [0.15, 0.2) is 0 Å². The number of hydrogen-bond acceptors (Lipinski definition) is 0. The second-order valence-electron chi connectivity index (χ2n) is 16.4. The van der Waals surface area contributed by atoms with Crippen LogP contribution in [0.3, 0.4) is 0 Å². The fourth-order valence-electron chi connectivity index (χ4n) is 7.41. The Morgan fingerprint density at radius 2 is 0.430 bits per heavy atom. The highest BCUT2D eigenvalue weighted by molar-refractivity contribution is 5.85. The lowest BCUT2D eigenvalue weighted by Gasteiger charge is -1.98. The highest BCUT2D eigenvalue weighted by atomic mass is 14.0. The molecule has 0 bridgehead atoms. The molecule has 10 rings (SSSR count). The zero-order chi connectivity index (χ0) is 63.9. The van der Waals surface area contributed by atoms with Crippen LogP contribution >= 0.6 is 0 Å². The Kier molecular flexibility index (Phi) is 54.7. The van der Waals surface area contributed by atoms with E-state index in [2.05, 4.69) is 267 Å². The Bertz CT molecular complexity index is 3150. The van der Waals surface area contributed by atoms with Gasteiger partial charge in [-0.05, 0) is 91.0 Å². The summed E-state index contributed by atoms with van der Waals surface area (Å²) in [7, 11) is 0. The van der Waals surface area contributed by atoms with Crippen molar-refractivity contribution >= 4 is 58.0 Å². The maximum atomic E-state index is 2.22. The van der Waals surface area contributed by atoms with Gasteiger partial charge in [-0.15, -0.1) is 0 Å². The fourth-order valence-corrected chi connectivity index (χ4v) is 7.41. The van der Waals surface area contributed by atoms with Crippen molar-refractivity contribution in [2.75, 3.05) is 0 Å². The molecule has 0 N–H and O–H groups in total. The summed E-state index contributed by atoms with van der Waals surface area (Å²) in [6, 6.07) is 71.1. The Morgan fingerprint density at radius 3 is 0.674 bits per heavy atom. The van der Waals surface area contributed by atoms with E-state index in [9.17, 15) is 0 Å². The predicted molar refractivity (Wildman–Crippen MR) is 401 cm³/mol. The van der Waals surface area contributed by atoms with E-state index < -0.39 is 0 Å². The summed E-state index contributed by atoms with van der Waals surface area (Å²) in [6.07, 6.45) is 48.8. The van der Waals surface area contributed by atoms with Crippen molar-refractivity contribution in [3.8, 4) is 0 Å². The zero-order valence-electron chi connectivity index (χ0n) is 55.7. The lowest BCUT2D eigenvalue weighted by Crippen LogP contribution is -1.74. The molecule has 0 saturated carbocycles. The van der Waals surface area contributed by atoms with E-state index >= 15 is 0 Å². The molecule has 8 aromatic rings. The Morgan fingerprint density at radius 1 is 0.209 bits per heavy atom. The van der Waals surface area contributed by atoms with Gasteiger partial charge in [-0.2, -0.15) is 0 Å². The lowest BCUT2D eigenvalue weighted by molar-refractivity contribution is 1.44. The molecule has 0 heteroatoms. The smallest absolute Gasteiger partial charge is 0.0157 e. The van der Waals surface area contributed by atoms with E-state index in [0.717, 1.165) is 12.8 Å². The first-order valence-corrected chi connectivity index (χ1v) is 32.0. The van der Waals surface area contributed by atoms with Crippen LogP contribution in [0.1, 0.15) is 157 Å². The molecule has 0 unspecified atom stereocenters. The van der Waals surface area contributed by atoms with Gasteiger partial charge >= 0.3 is 0 Å². The molecule has 0 aliphatic heterocycles. The third-order valence-electron chi connectivity index (χ3n) is 11.1. The highest BCUT2D eigenvalue weighted by Gasteiger charge is 1.95. The van der Waals surface area contributed by atoms with Gasteiger partial charge < -0.3 is 0 Å². The van der Waals surface area contributed by atoms with Crippen molar-refractivity contribution in [2.24, 2.45) is 0 Å². The van der Waals surface area contributed by atoms with Crippen LogP contribution in [0.5, 0.6) is 0 Å². The van der Waals surface area contributed by atoms with Gasteiger partial charge in [0.25, 0.3) is 0 Å². The van der Waals surface area contributed by atoms with Crippen LogP contribution in [0.15, 0.2) is 315 Å². The molecule has 0 fully saturated rings. The number of benzene rings is 8. The molecule has 0 nitrogen and oxygen atoms in total. The first-order valence-electron chi connectivity index (χ1n) is 32.0. The molecule has 2 aliphatic rings. The quantitative estimate of drug-likeness (QED) is 0.107. The van der Waals surface area contributed by atoms with Crippen LogP contribution in [-0.4, -0.2) is 0 Å². The molecule has 0 saturated heterocycles. The van der Waals surface area contributed by atoms with Crippen molar-refractivity contribution in [3.63, 3.8) is 0 Å². The Balaban J connectivity index is 0. The van der Waals surface area contributed by atoms with Crippen LogP contribution in [0, 0.1) is 0 Å². The second-order valence-corrected chi connectivity index (χ2v) is 16.4. The van der Waals surface area contributed by atoms with Gasteiger partial charge in [-0.25, -0.2) is 0 Å². The molecule has 0 atom stereocenters. The van der Waals surface area contributed by atoms with Gasteiger partial charge in [0.2, 0.25) is 0 Å². The van der Waals surface area contributed by atoms with E-state index in [4.69, 9.17) is 0 Å². The SMILES string of the molecule is C(/C=C/c1ccc2ccccc2c1)=C\c1ccccc1.C(/C=C/c1ccccc1)=C\c1ccccc1.C1=CC(/C=C/C=C/c2ccc3ccccc3c2)=CC1.C1=CC(/C=C/C=C/c2ccccc2)=CC1.CC.CC.CC.CC.CC.CC.CC.CC. The van der Waals surface area contributed by atoms with Crippen molar-refractivity contribution in [3.05, 3.63) is 348 Å². The van der Waals surface area contributed by atoms with Crippen molar-refractivity contribution in [2.45, 2.75) is 124 Å². The molecule has 0 spiro atoms. The summed E-state index contributed by atoms with van der Waals surface area (Å²) in [5, 5.41) is 5.14. The van der Waals surface area contributed by atoms with Crippen molar-refractivity contribution < 1.29 is 0 Å². The highest BCUT2D eigenvalue weighted by Crippen LogP contribution is 2.19. The molecule has 0 radical (unpaired) electrons. The summed E-state index contributed by atoms with van der Waals surface area (Å²) in [4.78, 5) is 0. The summed E-state index contributed by atoms with van der Waals surface area (Å²) in [6.45, 7) is 32.0. The van der Waals surface area contributed by atoms with Crippen molar-refractivity contribution in [1.29, 1.82) is 0 Å². The summed E-state index contributed by atoms with van der Waals surface area (Å²) in [5.74, 6) is 0. The average Bonchev–Trinajstić information content (AvgIpc) is 4.38. The molecule has 452 valence electrons. The summed E-state index contributed by atoms with van der Waals surface area (Å²) < 4.78 is 0. The van der Waals surface area contributed by atoms with Crippen molar-refractivity contribution in [1.82, 2.24) is 0 Å². The lowest BCUT2D eigenvalue weighted by atomic mass is 10.1. The summed E-state index contributed by atoms with van der Waals surface area (Å²) in [5.41, 5.74) is 9.95. The van der Waals surface area contributed by atoms with E-state index in [1.807, 2.05) is 184 Å². The topological polar surface area (TPSA) is 0 Å². The molecule has 0 heterocycles. The zero-order valence-corrected chi connectivity index (χ0v) is 55.7. The molecule has 0 aromatic heterocycles. The van der Waals surface area contributed by atoms with Crippen LogP contribution in [0.2, 0.25) is 0 Å². The number of allylic oxidation sites excluding steroid dienone is 18. The van der Waals surface area contributed by atoms with Crippen LogP contribution < -0.4 is 0 Å². The molecule has 8 aromatic carbocycles. The minimum Gasteiger partial charge on any atom is -0.0801 e. The third-order valence-corrected chi connectivity index (χ3v) is 11.1. The van der Waals surface area contributed by atoms with Gasteiger partial charge in [-0.3, -0.25) is 0 Å². The largest absolute Gasteiger partial charge is 0.0801 e. The monoisotopic (exact) mass is 1140 g/mol. The maximum Gasteiger partial charge on any atom is -0.0157 e. The third kappa shape index (κ3) is 37.4. The minimum atomic E-state index is 1.06. The van der Waals surface area contributed by atoms with Crippen LogP contribution in [0.4, 0.5) is 0 Å². The second kappa shape index (κ2) is 59.3. The van der Waals surface area contributed by atoms with Gasteiger partial charge in [-0.1, -0.05) is 439 Å². The van der Waals surface area contributed by atoms with E-state index in [0.29, 0.717) is 0 Å². The molecular weight excluding hydrogens is 1030 g/mol. The number of rotatable bonds is 12. The van der Waals surface area contributed by atoms with E-state index in [1.165, 1.54) is 66.1 Å². The maximum absolute atomic E-state index is 2.22. The predicted octanol–water partition coefficient (Wildman–Crippen LogP) is 27.6. The molecule has 2 aliphatic carbocycles. The molecular formula is C86H108. The number of hydrogen-bond donors (Lipinski definition) is 0. The van der Waals surface area contributed by atoms with E-state index in [1.54, 1.807) is 0 Å². The molecule has 0 amide bonds.